The molecule has 0 radical (unpaired) electrons. The molecular formula is C17H17NO2. The van der Waals surface area contributed by atoms with Gasteiger partial charge in [0, 0.05) is 0 Å². The maximum absolute atomic E-state index is 11.8. The third-order valence-electron chi connectivity index (χ3n) is 3.67. The predicted molar refractivity (Wildman–Crippen MR) is 77.1 cm³/mol. The minimum atomic E-state index is -0.259. The van der Waals surface area contributed by atoms with E-state index in [0.717, 1.165) is 11.1 Å². The number of ether oxygens (including phenoxy) is 1. The van der Waals surface area contributed by atoms with Crippen LogP contribution in [0.5, 0.6) is 0 Å². The number of hydrogen-bond donors (Lipinski definition) is 0. The summed E-state index contributed by atoms with van der Waals surface area (Å²) in [5.41, 5.74) is 2.19. The normalized spacial score (nSPS) is 23.4. The van der Waals surface area contributed by atoms with Crippen LogP contribution in [0.4, 0.5) is 0 Å². The maximum atomic E-state index is 11.8. The molecule has 0 saturated carbocycles. The highest BCUT2D eigenvalue weighted by Gasteiger charge is 2.36. The Bertz CT molecular complexity index is 582. The van der Waals surface area contributed by atoms with Crippen LogP contribution in [0.2, 0.25) is 0 Å². The first-order valence-corrected chi connectivity index (χ1v) is 6.75. The van der Waals surface area contributed by atoms with Gasteiger partial charge in [-0.05, 0) is 18.2 Å². The molecule has 1 aliphatic rings. The van der Waals surface area contributed by atoms with Crippen molar-refractivity contribution < 1.29 is 9.53 Å². The van der Waals surface area contributed by atoms with Gasteiger partial charge in [0.05, 0.1) is 12.6 Å². The summed E-state index contributed by atoms with van der Waals surface area (Å²) in [4.78, 5) is 13.8. The first kappa shape index (κ1) is 12.9. The summed E-state index contributed by atoms with van der Waals surface area (Å²) in [5, 5.41) is 0. The molecule has 1 saturated heterocycles. The number of nitrogens with zero attached hydrogens (tertiary/aromatic N) is 1. The molecule has 0 amide bonds. The molecule has 1 fully saturated rings. The topological polar surface area (TPSA) is 29.5 Å². The van der Waals surface area contributed by atoms with Crippen molar-refractivity contribution >= 4 is 5.97 Å². The van der Waals surface area contributed by atoms with Crippen molar-refractivity contribution in [3.63, 3.8) is 0 Å². The van der Waals surface area contributed by atoms with E-state index in [4.69, 9.17) is 4.74 Å². The minimum Gasteiger partial charge on any atom is -0.454 e. The van der Waals surface area contributed by atoms with Gasteiger partial charge in [-0.2, -0.15) is 0 Å². The second-order valence-electron chi connectivity index (χ2n) is 5.09. The molecule has 3 heteroatoms. The molecule has 0 aliphatic carbocycles. The lowest BCUT2D eigenvalue weighted by Crippen LogP contribution is -2.41. The van der Waals surface area contributed by atoms with Crippen molar-refractivity contribution in [2.24, 2.45) is 0 Å². The van der Waals surface area contributed by atoms with E-state index < -0.39 is 0 Å². The number of benzene rings is 2. The van der Waals surface area contributed by atoms with E-state index in [1.165, 1.54) is 0 Å². The second-order valence-corrected chi connectivity index (χ2v) is 5.09. The van der Waals surface area contributed by atoms with E-state index in [1.54, 1.807) is 0 Å². The molecule has 3 nitrogen and oxygen atoms in total. The molecule has 2 aromatic rings. The summed E-state index contributed by atoms with van der Waals surface area (Å²) in [6, 6.07) is 20.2. The monoisotopic (exact) mass is 267 g/mol. The second kappa shape index (κ2) is 5.47. The molecule has 2 atom stereocenters. The first-order chi connectivity index (χ1) is 9.75. The standard InChI is InChI=1S/C17H17NO2/c1-18-12-15(19)20-17(14-10-6-3-7-11-14)16(18)13-8-4-2-5-9-13/h2-11,16-17H,12H2,1H3/t16-,17+/m0/s1. The zero-order chi connectivity index (χ0) is 13.9. The van der Waals surface area contributed by atoms with Crippen LogP contribution < -0.4 is 0 Å². The Balaban J connectivity index is 2.01. The van der Waals surface area contributed by atoms with Crippen molar-refractivity contribution in [1.29, 1.82) is 0 Å². The van der Waals surface area contributed by atoms with E-state index in [2.05, 4.69) is 17.0 Å². The van der Waals surface area contributed by atoms with Crippen molar-refractivity contribution in [2.75, 3.05) is 13.6 Å². The summed E-state index contributed by atoms with van der Waals surface area (Å²) < 4.78 is 5.63. The molecule has 0 bridgehead atoms. The molecule has 0 N–H and O–H groups in total. The highest BCUT2D eigenvalue weighted by molar-refractivity contribution is 5.73. The lowest BCUT2D eigenvalue weighted by atomic mass is 9.93. The van der Waals surface area contributed by atoms with E-state index in [0.29, 0.717) is 6.54 Å². The minimum absolute atomic E-state index is 0.0521. The SMILES string of the molecule is CN1CC(=O)O[C@H](c2ccccc2)[C@@H]1c1ccccc1. The Labute approximate surface area is 118 Å². The third kappa shape index (κ3) is 2.45. The molecule has 20 heavy (non-hydrogen) atoms. The summed E-state index contributed by atoms with van der Waals surface area (Å²) in [7, 11) is 1.97. The van der Waals surface area contributed by atoms with Gasteiger partial charge in [-0.25, -0.2) is 0 Å². The predicted octanol–water partition coefficient (Wildman–Crippen LogP) is 2.96. The smallest absolute Gasteiger partial charge is 0.320 e. The van der Waals surface area contributed by atoms with Gasteiger partial charge in [-0.3, -0.25) is 9.69 Å². The fraction of sp³-hybridized carbons (Fsp3) is 0.235. The van der Waals surface area contributed by atoms with Gasteiger partial charge in [0.25, 0.3) is 0 Å². The highest BCUT2D eigenvalue weighted by atomic mass is 16.5. The summed E-state index contributed by atoms with van der Waals surface area (Å²) in [6.45, 7) is 0.322. The highest BCUT2D eigenvalue weighted by Crippen LogP contribution is 2.38. The molecule has 0 unspecified atom stereocenters. The van der Waals surface area contributed by atoms with Gasteiger partial charge in [0.2, 0.25) is 0 Å². The van der Waals surface area contributed by atoms with Crippen molar-refractivity contribution in [1.82, 2.24) is 4.90 Å². The average Bonchev–Trinajstić information content (AvgIpc) is 2.48. The number of morpholine rings is 1. The number of cyclic esters (lactones) is 1. The molecule has 0 spiro atoms. The van der Waals surface area contributed by atoms with Crippen molar-refractivity contribution in [3.8, 4) is 0 Å². The third-order valence-corrected chi connectivity index (χ3v) is 3.67. The molecular weight excluding hydrogens is 250 g/mol. The van der Waals surface area contributed by atoms with Gasteiger partial charge in [-0.15, -0.1) is 0 Å². The number of rotatable bonds is 2. The molecule has 1 aliphatic heterocycles. The Morgan fingerprint density at radius 3 is 2.10 bits per heavy atom. The van der Waals surface area contributed by atoms with E-state index in [1.807, 2.05) is 55.6 Å². The molecule has 0 aromatic heterocycles. The van der Waals surface area contributed by atoms with Crippen LogP contribution in [-0.2, 0) is 9.53 Å². The largest absolute Gasteiger partial charge is 0.454 e. The quantitative estimate of drug-likeness (QED) is 0.783. The van der Waals surface area contributed by atoms with Gasteiger partial charge >= 0.3 is 5.97 Å². The van der Waals surface area contributed by atoms with Crippen LogP contribution in [0.15, 0.2) is 60.7 Å². The Kier molecular flexibility index (Phi) is 3.52. The van der Waals surface area contributed by atoms with Crippen molar-refractivity contribution in [2.45, 2.75) is 12.1 Å². The van der Waals surface area contributed by atoms with Gasteiger partial charge in [0.1, 0.15) is 6.10 Å². The Hall–Kier alpha value is -2.13. The fourth-order valence-electron chi connectivity index (χ4n) is 2.75. The number of likely N-dealkylation sites (N-methyl/N-ethyl adjacent to an activating group) is 1. The first-order valence-electron chi connectivity index (χ1n) is 6.75. The molecule has 3 rings (SSSR count). The number of carbonyl (C=O) groups is 1. The van der Waals surface area contributed by atoms with Crippen LogP contribution in [0.25, 0.3) is 0 Å². The Morgan fingerprint density at radius 2 is 1.50 bits per heavy atom. The molecule has 102 valence electrons. The maximum Gasteiger partial charge on any atom is 0.320 e. The van der Waals surface area contributed by atoms with Crippen LogP contribution >= 0.6 is 0 Å². The Morgan fingerprint density at radius 1 is 0.950 bits per heavy atom. The lowest BCUT2D eigenvalue weighted by molar-refractivity contribution is -0.164. The summed E-state index contributed by atoms with van der Waals surface area (Å²) in [6.07, 6.45) is -0.259. The van der Waals surface area contributed by atoms with Crippen LogP contribution in [0, 0.1) is 0 Å². The van der Waals surface area contributed by atoms with Gasteiger partial charge in [0.15, 0.2) is 0 Å². The van der Waals surface area contributed by atoms with Crippen molar-refractivity contribution in [3.05, 3.63) is 71.8 Å². The molecule has 1 heterocycles. The zero-order valence-electron chi connectivity index (χ0n) is 11.4. The number of hydrogen-bond acceptors (Lipinski definition) is 3. The van der Waals surface area contributed by atoms with Crippen LogP contribution in [0.1, 0.15) is 23.3 Å². The van der Waals surface area contributed by atoms with E-state index in [-0.39, 0.29) is 18.1 Å². The average molecular weight is 267 g/mol. The zero-order valence-corrected chi connectivity index (χ0v) is 11.4. The fourth-order valence-corrected chi connectivity index (χ4v) is 2.75. The summed E-state index contributed by atoms with van der Waals surface area (Å²) >= 11 is 0. The van der Waals surface area contributed by atoms with E-state index in [9.17, 15) is 4.79 Å². The van der Waals surface area contributed by atoms with Gasteiger partial charge < -0.3 is 4.74 Å². The van der Waals surface area contributed by atoms with Crippen LogP contribution in [-0.4, -0.2) is 24.5 Å². The summed E-state index contributed by atoms with van der Waals surface area (Å²) in [5.74, 6) is -0.173. The van der Waals surface area contributed by atoms with E-state index >= 15 is 0 Å². The number of esters is 1. The molecule has 2 aromatic carbocycles. The number of carbonyl (C=O) groups excluding carboxylic acids is 1. The van der Waals surface area contributed by atoms with Crippen LogP contribution in [0.3, 0.4) is 0 Å². The lowest BCUT2D eigenvalue weighted by Gasteiger charge is -2.38. The van der Waals surface area contributed by atoms with Gasteiger partial charge in [-0.1, -0.05) is 60.7 Å².